The van der Waals surface area contributed by atoms with Gasteiger partial charge in [-0.3, -0.25) is 0 Å². The summed E-state index contributed by atoms with van der Waals surface area (Å²) in [6.07, 6.45) is 0. The monoisotopic (exact) mass is 227 g/mol. The fourth-order valence-electron chi connectivity index (χ4n) is 1.41. The van der Waals surface area contributed by atoms with Crippen LogP contribution in [0.3, 0.4) is 0 Å². The highest BCUT2D eigenvalue weighted by Gasteiger charge is 2.04. The Morgan fingerprint density at radius 1 is 1.12 bits per heavy atom. The van der Waals surface area contributed by atoms with Crippen molar-refractivity contribution in [2.75, 3.05) is 0 Å². The molecule has 84 valence electrons. The molecule has 0 radical (unpaired) electrons. The second kappa shape index (κ2) is 5.13. The fourth-order valence-corrected chi connectivity index (χ4v) is 1.41. The van der Waals surface area contributed by atoms with Crippen molar-refractivity contribution >= 4 is 0 Å². The van der Waals surface area contributed by atoms with Crippen LogP contribution in [0.25, 0.3) is 0 Å². The lowest BCUT2D eigenvalue weighted by Gasteiger charge is -2.06. The number of halogens is 1. The molecule has 0 aliphatic rings. The first-order valence-corrected chi connectivity index (χ1v) is 5.16. The molecule has 2 aromatic rings. The van der Waals surface area contributed by atoms with Crippen LogP contribution in [-0.4, -0.2) is 0 Å². The summed E-state index contributed by atoms with van der Waals surface area (Å²) in [6, 6.07) is 15.4. The van der Waals surface area contributed by atoms with Gasteiger partial charge in [0.05, 0.1) is 11.6 Å². The minimum atomic E-state index is -0.417. The van der Waals surface area contributed by atoms with E-state index in [1.165, 1.54) is 6.07 Å². The van der Waals surface area contributed by atoms with Gasteiger partial charge in [0.15, 0.2) is 0 Å². The SMILES string of the molecule is N#Cc1ccc(COc2ccccc2)c(F)c1. The largest absolute Gasteiger partial charge is 0.489 e. The Labute approximate surface area is 98.9 Å². The second-order valence-electron chi connectivity index (χ2n) is 3.52. The predicted octanol–water partition coefficient (Wildman–Crippen LogP) is 3.28. The highest BCUT2D eigenvalue weighted by Crippen LogP contribution is 2.14. The average molecular weight is 227 g/mol. The van der Waals surface area contributed by atoms with Crippen molar-refractivity contribution in [1.82, 2.24) is 0 Å². The third-order valence-electron chi connectivity index (χ3n) is 2.32. The van der Waals surface area contributed by atoms with Crippen molar-refractivity contribution in [3.63, 3.8) is 0 Å². The number of para-hydroxylation sites is 1. The van der Waals surface area contributed by atoms with Gasteiger partial charge in [0.1, 0.15) is 18.2 Å². The van der Waals surface area contributed by atoms with Crippen molar-refractivity contribution in [3.8, 4) is 11.8 Å². The van der Waals surface area contributed by atoms with Crippen LogP contribution in [0, 0.1) is 17.1 Å². The summed E-state index contributed by atoms with van der Waals surface area (Å²) in [4.78, 5) is 0. The Kier molecular flexibility index (Phi) is 3.37. The van der Waals surface area contributed by atoms with Gasteiger partial charge >= 0.3 is 0 Å². The minimum Gasteiger partial charge on any atom is -0.489 e. The lowest BCUT2D eigenvalue weighted by Crippen LogP contribution is -1.98. The molecule has 0 amide bonds. The van der Waals surface area contributed by atoms with E-state index in [9.17, 15) is 4.39 Å². The molecular weight excluding hydrogens is 217 g/mol. The van der Waals surface area contributed by atoms with Crippen LogP contribution < -0.4 is 4.74 Å². The zero-order valence-corrected chi connectivity index (χ0v) is 9.06. The molecule has 2 rings (SSSR count). The molecule has 2 aromatic carbocycles. The zero-order chi connectivity index (χ0) is 12.1. The Bertz CT molecular complexity index is 546. The predicted molar refractivity (Wildman–Crippen MR) is 61.9 cm³/mol. The molecule has 2 nitrogen and oxygen atoms in total. The highest BCUT2D eigenvalue weighted by molar-refractivity contribution is 5.33. The van der Waals surface area contributed by atoms with Crippen molar-refractivity contribution in [3.05, 3.63) is 65.5 Å². The van der Waals surface area contributed by atoms with Gasteiger partial charge in [-0.2, -0.15) is 5.26 Å². The molecule has 3 heteroatoms. The first-order valence-electron chi connectivity index (χ1n) is 5.16. The topological polar surface area (TPSA) is 33.0 Å². The summed E-state index contributed by atoms with van der Waals surface area (Å²) >= 11 is 0. The summed E-state index contributed by atoms with van der Waals surface area (Å²) in [5, 5.41) is 8.61. The normalized spacial score (nSPS) is 9.65. The van der Waals surface area contributed by atoms with Crippen molar-refractivity contribution in [1.29, 1.82) is 5.26 Å². The van der Waals surface area contributed by atoms with E-state index in [0.717, 1.165) is 0 Å². The molecule has 0 spiro atoms. The Morgan fingerprint density at radius 2 is 1.88 bits per heavy atom. The maximum atomic E-state index is 13.5. The maximum Gasteiger partial charge on any atom is 0.131 e. The Morgan fingerprint density at radius 3 is 2.53 bits per heavy atom. The van der Waals surface area contributed by atoms with E-state index < -0.39 is 5.82 Å². The highest BCUT2D eigenvalue weighted by atomic mass is 19.1. The van der Waals surface area contributed by atoms with Crippen LogP contribution >= 0.6 is 0 Å². The molecule has 0 saturated carbocycles. The molecule has 0 fully saturated rings. The average Bonchev–Trinajstić information content (AvgIpc) is 2.38. The lowest BCUT2D eigenvalue weighted by atomic mass is 10.1. The third kappa shape index (κ3) is 2.82. The molecule has 0 aromatic heterocycles. The lowest BCUT2D eigenvalue weighted by molar-refractivity contribution is 0.300. The minimum absolute atomic E-state index is 0.154. The van der Waals surface area contributed by atoms with Crippen LogP contribution in [0.15, 0.2) is 48.5 Å². The van der Waals surface area contributed by atoms with Gasteiger partial charge in [-0.1, -0.05) is 24.3 Å². The molecule has 17 heavy (non-hydrogen) atoms. The molecule has 0 saturated heterocycles. The zero-order valence-electron chi connectivity index (χ0n) is 9.06. The maximum absolute atomic E-state index is 13.5. The van der Waals surface area contributed by atoms with Gasteiger partial charge in [0.2, 0.25) is 0 Å². The van der Waals surface area contributed by atoms with E-state index in [2.05, 4.69) is 0 Å². The number of hydrogen-bond donors (Lipinski definition) is 0. The smallest absolute Gasteiger partial charge is 0.131 e. The van der Waals surface area contributed by atoms with E-state index in [4.69, 9.17) is 10.00 Å². The van der Waals surface area contributed by atoms with Gasteiger partial charge in [-0.15, -0.1) is 0 Å². The van der Waals surface area contributed by atoms with Gasteiger partial charge in [-0.05, 0) is 24.3 Å². The fraction of sp³-hybridized carbons (Fsp3) is 0.0714. The van der Waals surface area contributed by atoms with E-state index in [1.807, 2.05) is 36.4 Å². The van der Waals surface area contributed by atoms with Crippen molar-refractivity contribution < 1.29 is 9.13 Å². The molecule has 0 bridgehead atoms. The van der Waals surface area contributed by atoms with Crippen molar-refractivity contribution in [2.24, 2.45) is 0 Å². The Hall–Kier alpha value is -2.34. The molecule has 0 atom stereocenters. The van der Waals surface area contributed by atoms with Crippen LogP contribution in [0.4, 0.5) is 4.39 Å². The van der Waals surface area contributed by atoms with Gasteiger partial charge in [-0.25, -0.2) is 4.39 Å². The van der Waals surface area contributed by atoms with Crippen LogP contribution in [-0.2, 0) is 6.61 Å². The summed E-state index contributed by atoms with van der Waals surface area (Å²) in [6.45, 7) is 0.154. The molecule has 0 aliphatic carbocycles. The standard InChI is InChI=1S/C14H10FNO/c15-14-8-11(9-16)6-7-12(14)10-17-13-4-2-1-3-5-13/h1-8H,10H2. The summed E-state index contributed by atoms with van der Waals surface area (Å²) < 4.78 is 18.9. The number of hydrogen-bond acceptors (Lipinski definition) is 2. The van der Waals surface area contributed by atoms with Crippen LogP contribution in [0.2, 0.25) is 0 Å². The third-order valence-corrected chi connectivity index (χ3v) is 2.32. The number of nitrogens with zero attached hydrogens (tertiary/aromatic N) is 1. The molecule has 0 unspecified atom stereocenters. The van der Waals surface area contributed by atoms with E-state index in [-0.39, 0.29) is 6.61 Å². The summed E-state index contributed by atoms with van der Waals surface area (Å²) in [7, 11) is 0. The van der Waals surface area contributed by atoms with Gasteiger partial charge < -0.3 is 4.74 Å². The summed E-state index contributed by atoms with van der Waals surface area (Å²) in [5.74, 6) is 0.274. The van der Waals surface area contributed by atoms with E-state index >= 15 is 0 Å². The van der Waals surface area contributed by atoms with E-state index in [1.54, 1.807) is 12.1 Å². The van der Waals surface area contributed by atoms with Gasteiger partial charge in [0.25, 0.3) is 0 Å². The summed E-state index contributed by atoms with van der Waals surface area (Å²) in [5.41, 5.74) is 0.749. The quantitative estimate of drug-likeness (QED) is 0.806. The van der Waals surface area contributed by atoms with Gasteiger partial charge in [0, 0.05) is 5.56 Å². The number of benzene rings is 2. The van der Waals surface area contributed by atoms with Crippen molar-refractivity contribution in [2.45, 2.75) is 6.61 Å². The van der Waals surface area contributed by atoms with Crippen LogP contribution in [0.1, 0.15) is 11.1 Å². The van der Waals surface area contributed by atoms with Crippen LogP contribution in [0.5, 0.6) is 5.75 Å². The van der Waals surface area contributed by atoms with E-state index in [0.29, 0.717) is 16.9 Å². The number of rotatable bonds is 3. The second-order valence-corrected chi connectivity index (χ2v) is 3.52. The molecule has 0 heterocycles. The number of nitriles is 1. The molecule has 0 N–H and O–H groups in total. The first-order chi connectivity index (χ1) is 8.29. The number of ether oxygens (including phenoxy) is 1. The first kappa shape index (κ1) is 11.2. The Balaban J connectivity index is 2.08. The molecular formula is C14H10FNO. The molecule has 0 aliphatic heterocycles.